The number of carbonyl (C=O) groups excluding carboxylic acids is 4. The summed E-state index contributed by atoms with van der Waals surface area (Å²) < 4.78 is 0. The monoisotopic (exact) mass is 1520 g/mol. The summed E-state index contributed by atoms with van der Waals surface area (Å²) in [5.74, 6) is -4.33. The second kappa shape index (κ2) is 186. The molecule has 0 spiro atoms. The minimum atomic E-state index is -1.08. The Bertz CT molecular complexity index is 662. The van der Waals surface area contributed by atoms with Gasteiger partial charge in [-0.2, -0.15) is 0 Å². The molecule has 0 fully saturated rings. The van der Waals surface area contributed by atoms with Gasteiger partial charge in [0.25, 0.3) is 0 Å². The molecule has 0 radical (unpaired) electrons. The van der Waals surface area contributed by atoms with Gasteiger partial charge in [-0.1, -0.05) is 222 Å². The molecule has 89 heavy (non-hydrogen) atoms. The summed E-state index contributed by atoms with van der Waals surface area (Å²) in [5, 5.41) is 188. The molecule has 0 rings (SSSR count). The first-order chi connectivity index (χ1) is 34.6. The number of carbonyl (C=O) groups is 4. The average molecular weight is 1520 g/mol. The first-order valence-electron chi connectivity index (χ1n) is 25.9. The first kappa shape index (κ1) is 192. The largest absolute Gasteiger partial charge is 4.00 e. The van der Waals surface area contributed by atoms with E-state index < -0.39 is 122 Å². The molecule has 0 aromatic carbocycles. The molecule has 0 amide bonds. The molecule has 0 heterocycles. The van der Waals surface area contributed by atoms with Gasteiger partial charge in [-0.15, -0.1) is 97.7 Å². The fourth-order valence-electron chi connectivity index (χ4n) is 0. The topological polar surface area (TPSA) is 529 Å². The van der Waals surface area contributed by atoms with Gasteiger partial charge in [0, 0.05) is 23.9 Å². The summed E-state index contributed by atoms with van der Waals surface area (Å²) >= 11 is 0. The molecule has 0 aliphatic carbocycles. The Morgan fingerprint density at radius 3 is 0.157 bits per heavy atom. The van der Waals surface area contributed by atoms with E-state index in [1.165, 1.54) is 0 Å². The molecule has 0 saturated heterocycles. The third kappa shape index (κ3) is 33100. The van der Waals surface area contributed by atoms with Crippen LogP contribution in [0.1, 0.15) is 249 Å². The van der Waals surface area contributed by atoms with Crippen LogP contribution < -0.4 is 102 Å². The van der Waals surface area contributed by atoms with Crippen LogP contribution in [-0.4, -0.2) is 240 Å². The summed E-state index contributed by atoms with van der Waals surface area (Å²) in [5.41, 5.74) is 0. The van der Waals surface area contributed by atoms with Crippen LogP contribution in [0.15, 0.2) is 0 Å². The molecule has 0 unspecified atom stereocenters. The van der Waals surface area contributed by atoms with E-state index in [9.17, 15) is 81.7 Å². The number of carboxylic acids is 4. The first-order valence-corrected chi connectivity index (χ1v) is 25.9. The van der Waals surface area contributed by atoms with Crippen molar-refractivity contribution in [2.45, 2.75) is 347 Å². The van der Waals surface area contributed by atoms with Crippen LogP contribution in [0.2, 0.25) is 0 Å². The number of carboxylic acid groups (broad SMARTS) is 4. The number of hydrogen-bond donors (Lipinski definition) is 0. The predicted octanol–water partition coefficient (Wildman–Crippen LogP) is -11.5. The quantitative estimate of drug-likeness (QED) is 0.203. The van der Waals surface area contributed by atoms with E-state index in [2.05, 4.69) is 0 Å². The zero-order chi connectivity index (χ0) is 71.5. The average Bonchev–Trinajstić information content (AvgIpc) is 2.99. The molecule has 0 aliphatic heterocycles. The fourth-order valence-corrected chi connectivity index (χ4v) is 0. The van der Waals surface area contributed by atoms with Crippen molar-refractivity contribution in [2.24, 2.45) is 0 Å². The fraction of sp³-hybridized carbons (Fsp3) is 0.929. The van der Waals surface area contributed by atoms with Gasteiger partial charge < -0.3 is 121 Å². The van der Waals surface area contributed by atoms with Crippen molar-refractivity contribution < 1.29 is 230 Å². The minimum Gasteiger partial charge on any atom is 4.00 e. The third-order valence-electron chi connectivity index (χ3n) is 0. The Kier molecular flexibility index (Phi) is 403. The zero-order valence-corrected chi connectivity index (χ0v) is 67.3. The molecule has 0 N–H and O–H groups in total. The number of hydrogen-bond acceptors (Lipinski definition) is 24. The normalized spacial score (nSPS) is 7.60. The molecule has 0 atom stereocenters. The van der Waals surface area contributed by atoms with Crippen LogP contribution in [0.3, 0.4) is 0 Å². The SMILES string of the molecule is CC(=O)[O-].CC(=O)[O-].CC(=O)[O-].CC(=O)[O-].CC(C)[O-].CC(C)[O-].CC(C)[O-].CC(C)[O-].CC(C)[O-].CC(C)[O-].CC(C)[O-].CC(C)[O-].CC(C)[O-].CC(C)[O-].CC(C)[O-].CC(C)[O-].CC(C)[O-].CC(C)[O-].CC(C)[O-].CC(C)[O-].[NaH].[NaH].[NaH].[NaH].[Ti+4].[Ti+4].[Ti+4].[Ti+4].[Ti+4]. The van der Waals surface area contributed by atoms with Crippen molar-refractivity contribution in [3.8, 4) is 0 Å². The van der Waals surface area contributed by atoms with Crippen molar-refractivity contribution in [3.63, 3.8) is 0 Å². The second-order valence-electron chi connectivity index (χ2n) is 18.7. The summed E-state index contributed by atoms with van der Waals surface area (Å²) in [7, 11) is 0. The van der Waals surface area contributed by atoms with Gasteiger partial charge in [0.1, 0.15) is 0 Å². The molecule has 0 aromatic rings. The van der Waals surface area contributed by atoms with Crippen molar-refractivity contribution in [1.29, 1.82) is 0 Å². The van der Waals surface area contributed by atoms with Crippen LogP contribution in [0.4, 0.5) is 0 Å². The summed E-state index contributed by atoms with van der Waals surface area (Å²) in [6.45, 7) is 55.4. The van der Waals surface area contributed by atoms with E-state index in [0.717, 1.165) is 27.7 Å². The molecule has 0 aromatic heterocycles. The Balaban J connectivity index is -0.0000000157. The molecule has 0 aliphatic rings. The maximum Gasteiger partial charge on any atom is 4.00 e. The third-order valence-corrected chi connectivity index (χ3v) is 0. The molecular formula is C56H128Na4O24Ti5. The minimum absolute atomic E-state index is 0. The van der Waals surface area contributed by atoms with Crippen LogP contribution in [0.25, 0.3) is 0 Å². The van der Waals surface area contributed by atoms with Gasteiger partial charge in [0.2, 0.25) is 0 Å². The Morgan fingerprint density at radius 2 is 0.157 bits per heavy atom. The molecule has 33 heteroatoms. The summed E-state index contributed by atoms with van der Waals surface area (Å²) in [6.07, 6.45) is -6.67. The Labute approximate surface area is 709 Å². The number of rotatable bonds is 0. The molecule has 0 saturated carbocycles. The molecular weight excluding hydrogens is 1390 g/mol. The van der Waals surface area contributed by atoms with Crippen LogP contribution >= 0.6 is 0 Å². The molecule has 24 nitrogen and oxygen atoms in total. The summed E-state index contributed by atoms with van der Waals surface area (Å²) in [6, 6.07) is 0. The maximum atomic E-state index is 9.53. The molecule has 520 valence electrons. The van der Waals surface area contributed by atoms with E-state index in [-0.39, 0.29) is 227 Å². The standard InChI is InChI=1S/16C3H7O.4C2H4O2.4Na.5Ti.4H/c16*1-3(2)4;4*1-2(3)4;;;;;;;;;;;;;/h16*3H,1-2H3;4*1H3,(H,3,4);;;;;;;;;;;;;/q16*-1;;;;;;;;;5*+4;;;;/p-4. The zero-order valence-electron chi connectivity index (χ0n) is 59.5. The van der Waals surface area contributed by atoms with E-state index in [1.807, 2.05) is 0 Å². The van der Waals surface area contributed by atoms with Crippen LogP contribution in [-0.2, 0) is 128 Å². The summed E-state index contributed by atoms with van der Waals surface area (Å²) in [4.78, 5) is 35.6. The Hall–Kier alpha value is 4.81. The van der Waals surface area contributed by atoms with Gasteiger partial charge >= 0.3 is 227 Å². The van der Waals surface area contributed by atoms with Gasteiger partial charge in [0.15, 0.2) is 0 Å². The van der Waals surface area contributed by atoms with Gasteiger partial charge in [-0.25, -0.2) is 0 Å². The van der Waals surface area contributed by atoms with E-state index in [4.69, 9.17) is 39.6 Å². The smallest absolute Gasteiger partial charge is 4.00 e. The van der Waals surface area contributed by atoms with E-state index in [0.29, 0.717) is 0 Å². The van der Waals surface area contributed by atoms with E-state index in [1.54, 1.807) is 222 Å². The van der Waals surface area contributed by atoms with Crippen molar-refractivity contribution in [3.05, 3.63) is 0 Å². The van der Waals surface area contributed by atoms with Gasteiger partial charge in [-0.3, -0.25) is 0 Å². The van der Waals surface area contributed by atoms with Crippen molar-refractivity contribution in [1.82, 2.24) is 0 Å². The van der Waals surface area contributed by atoms with E-state index >= 15 is 0 Å². The van der Waals surface area contributed by atoms with Crippen LogP contribution in [0.5, 0.6) is 0 Å². The van der Waals surface area contributed by atoms with Crippen molar-refractivity contribution in [2.75, 3.05) is 0 Å². The Morgan fingerprint density at radius 1 is 0.157 bits per heavy atom. The predicted molar refractivity (Wildman–Crippen MR) is 313 cm³/mol. The van der Waals surface area contributed by atoms with Gasteiger partial charge in [-0.05, 0) is 27.7 Å². The van der Waals surface area contributed by atoms with Crippen LogP contribution in [0, 0.1) is 0 Å². The number of aliphatic carboxylic acids is 4. The molecule has 0 bridgehead atoms. The van der Waals surface area contributed by atoms with Crippen molar-refractivity contribution >= 4 is 142 Å². The van der Waals surface area contributed by atoms with Gasteiger partial charge in [0.05, 0.1) is 0 Å². The maximum absolute atomic E-state index is 9.53. The second-order valence-corrected chi connectivity index (χ2v) is 18.7.